The van der Waals surface area contributed by atoms with E-state index >= 15 is 0 Å². The molecule has 0 aliphatic heterocycles. The van der Waals surface area contributed by atoms with Crippen molar-refractivity contribution in [2.45, 2.75) is 6.92 Å². The molecule has 0 spiro atoms. The summed E-state index contributed by atoms with van der Waals surface area (Å²) in [5.41, 5.74) is 6.00. The molecule has 0 saturated carbocycles. The Bertz CT molecular complexity index is 723. The van der Waals surface area contributed by atoms with Gasteiger partial charge in [0.2, 0.25) is 0 Å². The van der Waals surface area contributed by atoms with Crippen LogP contribution < -0.4 is 11.1 Å². The van der Waals surface area contributed by atoms with Crippen LogP contribution in [0.25, 0.3) is 0 Å². The van der Waals surface area contributed by atoms with E-state index in [1.54, 1.807) is 26.1 Å². The first-order valence-electron chi connectivity index (χ1n) is 6.02. The third-order valence-electron chi connectivity index (χ3n) is 2.99. The lowest BCUT2D eigenvalue weighted by Gasteiger charge is -2.09. The number of hydrogen-bond acceptors (Lipinski definition) is 4. The number of amidine groups is 1. The Morgan fingerprint density at radius 3 is 2.86 bits per heavy atom. The Morgan fingerprint density at radius 2 is 2.19 bits per heavy atom. The molecule has 0 atom stereocenters. The number of benzene rings is 1. The second-order valence-corrected chi connectivity index (χ2v) is 4.41. The van der Waals surface area contributed by atoms with E-state index in [-0.39, 0.29) is 22.8 Å². The fourth-order valence-corrected chi connectivity index (χ4v) is 1.82. The number of nitrogens with one attached hydrogen (secondary N) is 1. The van der Waals surface area contributed by atoms with Crippen molar-refractivity contribution in [1.29, 1.82) is 0 Å². The van der Waals surface area contributed by atoms with Crippen LogP contribution in [0, 0.1) is 12.7 Å². The summed E-state index contributed by atoms with van der Waals surface area (Å²) in [6, 6.07) is 4.52. The fourth-order valence-electron chi connectivity index (χ4n) is 1.82. The molecule has 0 unspecified atom stereocenters. The van der Waals surface area contributed by atoms with Crippen molar-refractivity contribution < 1.29 is 14.4 Å². The molecular weight excluding hydrogens is 277 g/mol. The second-order valence-electron chi connectivity index (χ2n) is 4.41. The maximum absolute atomic E-state index is 13.9. The molecular formula is C13H14FN5O2. The number of amides is 1. The maximum Gasteiger partial charge on any atom is 0.259 e. The molecule has 4 N–H and O–H groups in total. The lowest BCUT2D eigenvalue weighted by Crippen LogP contribution is -2.21. The number of halogens is 1. The van der Waals surface area contributed by atoms with Gasteiger partial charge in [-0.3, -0.25) is 9.48 Å². The average Bonchev–Trinajstić information content (AvgIpc) is 2.82. The van der Waals surface area contributed by atoms with Crippen molar-refractivity contribution in [2.24, 2.45) is 17.9 Å². The van der Waals surface area contributed by atoms with Crippen LogP contribution in [0.3, 0.4) is 0 Å². The normalized spacial score (nSPS) is 11.5. The maximum atomic E-state index is 13.9. The summed E-state index contributed by atoms with van der Waals surface area (Å²) in [6.45, 7) is 1.57. The summed E-state index contributed by atoms with van der Waals surface area (Å²) >= 11 is 0. The molecule has 0 saturated heterocycles. The molecule has 2 aromatic rings. The van der Waals surface area contributed by atoms with E-state index in [4.69, 9.17) is 10.9 Å². The number of aryl methyl sites for hydroxylation is 2. The lowest BCUT2D eigenvalue weighted by molar-refractivity contribution is 0.102. The third-order valence-corrected chi connectivity index (χ3v) is 2.99. The third kappa shape index (κ3) is 2.69. The largest absolute Gasteiger partial charge is 0.409 e. The van der Waals surface area contributed by atoms with E-state index in [9.17, 15) is 9.18 Å². The summed E-state index contributed by atoms with van der Waals surface area (Å²) in [5, 5.41) is 18.0. The van der Waals surface area contributed by atoms with Gasteiger partial charge in [0, 0.05) is 7.05 Å². The van der Waals surface area contributed by atoms with Crippen LogP contribution in [0.5, 0.6) is 0 Å². The van der Waals surface area contributed by atoms with E-state index in [0.717, 1.165) is 0 Å². The minimum absolute atomic E-state index is 0.0957. The van der Waals surface area contributed by atoms with Crippen molar-refractivity contribution in [3.05, 3.63) is 46.9 Å². The molecule has 110 valence electrons. The highest BCUT2D eigenvalue weighted by molar-refractivity contribution is 6.09. The highest BCUT2D eigenvalue weighted by Crippen LogP contribution is 2.17. The van der Waals surface area contributed by atoms with Gasteiger partial charge in [-0.25, -0.2) is 4.39 Å². The Kier molecular flexibility index (Phi) is 3.88. The number of aromatic nitrogens is 2. The smallest absolute Gasteiger partial charge is 0.259 e. The van der Waals surface area contributed by atoms with Gasteiger partial charge in [-0.15, -0.1) is 0 Å². The van der Waals surface area contributed by atoms with Crippen molar-refractivity contribution >= 4 is 17.6 Å². The molecule has 2 rings (SSSR count). The topological polar surface area (TPSA) is 106 Å². The quantitative estimate of drug-likeness (QED) is 0.342. The summed E-state index contributed by atoms with van der Waals surface area (Å²) < 4.78 is 15.3. The van der Waals surface area contributed by atoms with Gasteiger partial charge in [0.15, 0.2) is 5.84 Å². The molecule has 21 heavy (non-hydrogen) atoms. The molecule has 1 aromatic heterocycles. The van der Waals surface area contributed by atoms with E-state index < -0.39 is 11.7 Å². The number of hydrogen-bond donors (Lipinski definition) is 3. The van der Waals surface area contributed by atoms with Crippen LogP contribution in [0.1, 0.15) is 21.5 Å². The minimum atomic E-state index is -0.646. The molecule has 7 nitrogen and oxygen atoms in total. The highest BCUT2D eigenvalue weighted by atomic mass is 19.1. The number of nitrogens with zero attached hydrogens (tertiary/aromatic N) is 3. The number of carbonyl (C=O) groups excluding carboxylic acids is 1. The average molecular weight is 291 g/mol. The van der Waals surface area contributed by atoms with Crippen molar-refractivity contribution in [1.82, 2.24) is 9.78 Å². The number of carbonyl (C=O) groups is 1. The Morgan fingerprint density at radius 1 is 1.48 bits per heavy atom. The van der Waals surface area contributed by atoms with Gasteiger partial charge in [-0.1, -0.05) is 17.3 Å². The Labute approximate surface area is 119 Å². The van der Waals surface area contributed by atoms with Gasteiger partial charge < -0.3 is 16.3 Å². The first-order chi connectivity index (χ1) is 9.95. The summed E-state index contributed by atoms with van der Waals surface area (Å²) in [4.78, 5) is 12.2. The molecule has 0 fully saturated rings. The standard InChI is InChI=1S/C13H14FN5O2/c1-7-4-3-5-8(10(7)14)13(20)17-12-9(11(15)18-21)6-16-19(12)2/h3-6,21H,1-2H3,(H2,15,18)(H,17,20). The van der Waals surface area contributed by atoms with Gasteiger partial charge in [-0.05, 0) is 18.6 Å². The molecule has 0 aliphatic carbocycles. The fraction of sp³-hybridized carbons (Fsp3) is 0.154. The molecule has 1 amide bonds. The molecule has 8 heteroatoms. The predicted octanol–water partition coefficient (Wildman–Crippen LogP) is 1.21. The van der Waals surface area contributed by atoms with Crippen molar-refractivity contribution in [2.75, 3.05) is 5.32 Å². The Hall–Kier alpha value is -2.90. The zero-order chi connectivity index (χ0) is 15.6. The molecule has 0 bridgehead atoms. The van der Waals surface area contributed by atoms with Gasteiger partial charge >= 0.3 is 0 Å². The van der Waals surface area contributed by atoms with E-state index in [2.05, 4.69) is 15.6 Å². The van der Waals surface area contributed by atoms with Crippen LogP contribution in [0.2, 0.25) is 0 Å². The first kappa shape index (κ1) is 14.5. The van der Waals surface area contributed by atoms with Crippen molar-refractivity contribution in [3.63, 3.8) is 0 Å². The molecule has 1 aromatic carbocycles. The van der Waals surface area contributed by atoms with Gasteiger partial charge in [0.1, 0.15) is 11.6 Å². The SMILES string of the molecule is Cc1cccc(C(=O)Nc2c(/C(N)=N/O)cnn2C)c1F. The van der Waals surface area contributed by atoms with Crippen LogP contribution in [0.4, 0.5) is 10.2 Å². The van der Waals surface area contributed by atoms with Crippen LogP contribution >= 0.6 is 0 Å². The van der Waals surface area contributed by atoms with E-state index in [1.165, 1.54) is 16.9 Å². The number of anilines is 1. The van der Waals surface area contributed by atoms with Crippen LogP contribution in [-0.2, 0) is 7.05 Å². The molecule has 0 aliphatic rings. The van der Waals surface area contributed by atoms with Crippen LogP contribution in [0.15, 0.2) is 29.6 Å². The number of rotatable bonds is 3. The van der Waals surface area contributed by atoms with Crippen molar-refractivity contribution in [3.8, 4) is 0 Å². The van der Waals surface area contributed by atoms with E-state index in [1.807, 2.05) is 0 Å². The lowest BCUT2D eigenvalue weighted by atomic mass is 10.1. The first-order valence-corrected chi connectivity index (χ1v) is 6.02. The minimum Gasteiger partial charge on any atom is -0.409 e. The summed E-state index contributed by atoms with van der Waals surface area (Å²) in [7, 11) is 1.57. The van der Waals surface area contributed by atoms with Gasteiger partial charge in [-0.2, -0.15) is 5.10 Å². The summed E-state index contributed by atoms with van der Waals surface area (Å²) in [6.07, 6.45) is 1.33. The number of nitrogens with two attached hydrogens (primary N) is 1. The number of oxime groups is 1. The Balaban J connectivity index is 2.37. The van der Waals surface area contributed by atoms with Gasteiger partial charge in [0.25, 0.3) is 5.91 Å². The predicted molar refractivity (Wildman–Crippen MR) is 74.8 cm³/mol. The molecule has 1 heterocycles. The second kappa shape index (κ2) is 5.61. The van der Waals surface area contributed by atoms with Crippen LogP contribution in [-0.4, -0.2) is 26.7 Å². The van der Waals surface area contributed by atoms with Gasteiger partial charge in [0.05, 0.1) is 17.3 Å². The highest BCUT2D eigenvalue weighted by Gasteiger charge is 2.18. The van der Waals surface area contributed by atoms with E-state index in [0.29, 0.717) is 5.56 Å². The zero-order valence-electron chi connectivity index (χ0n) is 11.5. The zero-order valence-corrected chi connectivity index (χ0v) is 11.5. The monoisotopic (exact) mass is 291 g/mol. The summed E-state index contributed by atoms with van der Waals surface area (Å²) in [5.74, 6) is -1.24. The molecule has 0 radical (unpaired) electrons.